The zero-order chi connectivity index (χ0) is 29.3. The Kier molecular flexibility index (Phi) is 7.84. The Morgan fingerprint density at radius 1 is 0.975 bits per heavy atom. The van der Waals surface area contributed by atoms with Crippen molar-refractivity contribution in [2.24, 2.45) is 0 Å². The first-order chi connectivity index (χ1) is 18.9. The van der Waals surface area contributed by atoms with Gasteiger partial charge in [-0.1, -0.05) is 12.1 Å². The lowest BCUT2D eigenvalue weighted by molar-refractivity contribution is -0.385. The first-order valence-electron chi connectivity index (χ1n) is 11.7. The fourth-order valence-corrected chi connectivity index (χ4v) is 4.05. The number of nitro benzene ring substituents is 1. The van der Waals surface area contributed by atoms with E-state index >= 15 is 0 Å². The predicted octanol–water partition coefficient (Wildman–Crippen LogP) is 6.29. The Bertz CT molecular complexity index is 1630. The highest BCUT2D eigenvalue weighted by atomic mass is 19.2. The summed E-state index contributed by atoms with van der Waals surface area (Å²) >= 11 is 0. The molecule has 3 aromatic carbocycles. The van der Waals surface area contributed by atoms with Crippen molar-refractivity contribution in [2.45, 2.75) is 33.9 Å². The molecule has 0 fully saturated rings. The Morgan fingerprint density at radius 3 is 2.25 bits per heavy atom. The van der Waals surface area contributed by atoms with Gasteiger partial charge in [-0.25, -0.2) is 22.0 Å². The van der Waals surface area contributed by atoms with E-state index in [1.807, 2.05) is 0 Å². The summed E-state index contributed by atoms with van der Waals surface area (Å²) in [4.78, 5) is 23.5. The number of hydrogen-bond donors (Lipinski definition) is 1. The number of aryl methyl sites for hydroxylation is 2. The van der Waals surface area contributed by atoms with Gasteiger partial charge in [0.1, 0.15) is 12.4 Å². The molecular weight excluding hydrogens is 539 g/mol. The molecule has 1 N–H and O–H groups in total. The van der Waals surface area contributed by atoms with E-state index in [4.69, 9.17) is 4.74 Å². The number of hydrogen-bond acceptors (Lipinski definition) is 5. The van der Waals surface area contributed by atoms with E-state index in [1.165, 1.54) is 32.0 Å². The molecule has 40 heavy (non-hydrogen) atoms. The van der Waals surface area contributed by atoms with Crippen LogP contribution in [0.25, 0.3) is 0 Å². The van der Waals surface area contributed by atoms with E-state index in [0.29, 0.717) is 16.9 Å². The molecule has 0 aliphatic heterocycles. The summed E-state index contributed by atoms with van der Waals surface area (Å²) in [7, 11) is 0. The number of nitro groups is 1. The molecule has 0 saturated carbocycles. The van der Waals surface area contributed by atoms with Crippen LogP contribution in [-0.4, -0.2) is 20.6 Å². The van der Waals surface area contributed by atoms with Crippen LogP contribution in [0.2, 0.25) is 0 Å². The number of benzene rings is 3. The fourth-order valence-electron chi connectivity index (χ4n) is 4.05. The van der Waals surface area contributed by atoms with Crippen molar-refractivity contribution >= 4 is 17.3 Å². The van der Waals surface area contributed by atoms with Crippen molar-refractivity contribution in [2.75, 3.05) is 5.32 Å². The lowest BCUT2D eigenvalue weighted by atomic mass is 10.1. The number of carbonyl (C=O) groups is 1. The number of aromatic nitrogens is 2. The van der Waals surface area contributed by atoms with Crippen LogP contribution in [0.1, 0.15) is 38.4 Å². The van der Waals surface area contributed by atoms with Gasteiger partial charge in [-0.2, -0.15) is 5.10 Å². The van der Waals surface area contributed by atoms with E-state index in [0.717, 1.165) is 4.68 Å². The summed E-state index contributed by atoms with van der Waals surface area (Å²) < 4.78 is 75.7. The van der Waals surface area contributed by atoms with Crippen LogP contribution < -0.4 is 10.1 Å². The number of nitrogens with zero attached hydrogens (tertiary/aromatic N) is 3. The highest BCUT2D eigenvalue weighted by molar-refractivity contribution is 6.05. The largest absolute Gasteiger partial charge is 0.489 e. The lowest BCUT2D eigenvalue weighted by Crippen LogP contribution is -2.15. The van der Waals surface area contributed by atoms with Crippen LogP contribution in [0.5, 0.6) is 5.75 Å². The quantitative estimate of drug-likeness (QED) is 0.0898. The third-order valence-corrected chi connectivity index (χ3v) is 6.19. The average molecular weight is 560 g/mol. The molecule has 0 spiro atoms. The Hall–Kier alpha value is -4.81. The predicted molar refractivity (Wildman–Crippen MR) is 134 cm³/mol. The van der Waals surface area contributed by atoms with Gasteiger partial charge in [-0.3, -0.25) is 19.6 Å². The number of carbonyl (C=O) groups excluding carboxylic acids is 1. The molecule has 1 amide bonds. The standard InChI is InChI=1S/C27H21F5N4O4/c1-13-9-18(7-8-20(13)36(38)39)40-12-16-5-4-6-17(10-16)27(37)33-26-14(2)34-35(15(26)3)11-19-21(28)23(30)25(32)24(31)22(19)29/h4-10H,11-12H2,1-3H3,(H,33,37). The van der Waals surface area contributed by atoms with Gasteiger partial charge in [0.15, 0.2) is 23.3 Å². The highest BCUT2D eigenvalue weighted by Gasteiger charge is 2.27. The van der Waals surface area contributed by atoms with Gasteiger partial charge >= 0.3 is 0 Å². The third-order valence-electron chi connectivity index (χ3n) is 6.19. The van der Waals surface area contributed by atoms with Crippen LogP contribution >= 0.6 is 0 Å². The Morgan fingerprint density at radius 2 is 1.62 bits per heavy atom. The van der Waals surface area contributed by atoms with Gasteiger partial charge in [0.05, 0.1) is 34.1 Å². The molecule has 0 bridgehead atoms. The monoisotopic (exact) mass is 560 g/mol. The minimum absolute atomic E-state index is 0.0350. The van der Waals surface area contributed by atoms with Crippen LogP contribution in [0.3, 0.4) is 0 Å². The smallest absolute Gasteiger partial charge is 0.272 e. The van der Waals surface area contributed by atoms with Gasteiger partial charge < -0.3 is 10.1 Å². The van der Waals surface area contributed by atoms with E-state index < -0.39 is 52.0 Å². The SMILES string of the molecule is Cc1cc(OCc2cccc(C(=O)Nc3c(C)nn(Cc4c(F)c(F)c(F)c(F)c4F)c3C)c2)ccc1[N+](=O)[O-]. The maximum atomic E-state index is 14.2. The van der Waals surface area contributed by atoms with Gasteiger partial charge in [-0.05, 0) is 50.6 Å². The van der Waals surface area contributed by atoms with Gasteiger partial charge in [0.2, 0.25) is 5.82 Å². The summed E-state index contributed by atoms with van der Waals surface area (Å²) in [5.41, 5.74) is 0.888. The normalized spacial score (nSPS) is 11.0. The number of halogens is 5. The van der Waals surface area contributed by atoms with Crippen molar-refractivity contribution in [1.82, 2.24) is 9.78 Å². The minimum Gasteiger partial charge on any atom is -0.489 e. The van der Waals surface area contributed by atoms with Crippen LogP contribution in [0, 0.1) is 60.0 Å². The minimum atomic E-state index is -2.25. The van der Waals surface area contributed by atoms with E-state index in [1.54, 1.807) is 31.2 Å². The second-order valence-corrected chi connectivity index (χ2v) is 8.90. The topological polar surface area (TPSA) is 99.3 Å². The zero-order valence-corrected chi connectivity index (χ0v) is 21.3. The second-order valence-electron chi connectivity index (χ2n) is 8.90. The average Bonchev–Trinajstić information content (AvgIpc) is 3.19. The van der Waals surface area contributed by atoms with Gasteiger partial charge in [0.25, 0.3) is 11.6 Å². The first kappa shape index (κ1) is 28.2. The molecule has 4 rings (SSSR count). The molecule has 1 aromatic heterocycles. The molecule has 0 saturated heterocycles. The van der Waals surface area contributed by atoms with Crippen molar-refractivity contribution in [3.63, 3.8) is 0 Å². The molecule has 0 radical (unpaired) electrons. The van der Waals surface area contributed by atoms with Crippen LogP contribution in [0.15, 0.2) is 42.5 Å². The summed E-state index contributed by atoms with van der Waals surface area (Å²) in [5, 5.41) is 17.7. The second kappa shape index (κ2) is 11.1. The lowest BCUT2D eigenvalue weighted by Gasteiger charge is -2.11. The van der Waals surface area contributed by atoms with Gasteiger partial charge in [0, 0.05) is 17.2 Å². The van der Waals surface area contributed by atoms with E-state index in [-0.39, 0.29) is 34.9 Å². The van der Waals surface area contributed by atoms with Crippen molar-refractivity contribution in [3.05, 3.63) is 115 Å². The molecule has 4 aromatic rings. The number of rotatable bonds is 8. The molecule has 0 aliphatic rings. The third kappa shape index (κ3) is 5.48. The number of amides is 1. The highest BCUT2D eigenvalue weighted by Crippen LogP contribution is 2.27. The molecule has 0 aliphatic carbocycles. The molecular formula is C27H21F5N4O4. The molecule has 0 atom stereocenters. The zero-order valence-electron chi connectivity index (χ0n) is 21.3. The number of anilines is 1. The fraction of sp³-hybridized carbons (Fsp3) is 0.185. The summed E-state index contributed by atoms with van der Waals surface area (Å²) in [5.74, 6) is -10.4. The maximum absolute atomic E-state index is 14.2. The van der Waals surface area contributed by atoms with Crippen molar-refractivity contribution in [3.8, 4) is 5.75 Å². The molecule has 0 unspecified atom stereocenters. The maximum Gasteiger partial charge on any atom is 0.272 e. The van der Waals surface area contributed by atoms with Crippen molar-refractivity contribution in [1.29, 1.82) is 0 Å². The molecule has 13 heteroatoms. The first-order valence-corrected chi connectivity index (χ1v) is 11.7. The van der Waals surface area contributed by atoms with E-state index in [9.17, 15) is 36.9 Å². The number of ether oxygens (including phenoxy) is 1. The van der Waals surface area contributed by atoms with Crippen LogP contribution in [0.4, 0.5) is 33.3 Å². The van der Waals surface area contributed by atoms with E-state index in [2.05, 4.69) is 10.4 Å². The molecule has 8 nitrogen and oxygen atoms in total. The molecule has 208 valence electrons. The summed E-state index contributed by atoms with van der Waals surface area (Å²) in [6.45, 7) is 3.87. The van der Waals surface area contributed by atoms with Crippen molar-refractivity contribution < 1.29 is 36.4 Å². The Labute approximate surface area is 224 Å². The Balaban J connectivity index is 1.50. The van der Waals surface area contributed by atoms with Crippen LogP contribution in [-0.2, 0) is 13.2 Å². The number of nitrogens with one attached hydrogen (secondary N) is 1. The summed E-state index contributed by atoms with van der Waals surface area (Å²) in [6.07, 6.45) is 0. The molecule has 1 heterocycles. The van der Waals surface area contributed by atoms with Gasteiger partial charge in [-0.15, -0.1) is 0 Å². The summed E-state index contributed by atoms with van der Waals surface area (Å²) in [6, 6.07) is 10.8.